The van der Waals surface area contributed by atoms with E-state index in [1.807, 2.05) is 17.0 Å². The highest BCUT2D eigenvalue weighted by molar-refractivity contribution is 5.91. The molecular formula is C18H20N4O2. The summed E-state index contributed by atoms with van der Waals surface area (Å²) in [5.74, 6) is 1.42. The molecule has 24 heavy (non-hydrogen) atoms. The van der Waals surface area contributed by atoms with Crippen molar-refractivity contribution in [2.75, 3.05) is 13.1 Å². The van der Waals surface area contributed by atoms with E-state index in [0.717, 1.165) is 42.8 Å². The maximum atomic E-state index is 12.5. The lowest BCUT2D eigenvalue weighted by molar-refractivity contribution is 0.0756. The lowest BCUT2D eigenvalue weighted by Gasteiger charge is -2.18. The second kappa shape index (κ2) is 6.11. The molecule has 4 rings (SSSR count). The van der Waals surface area contributed by atoms with Gasteiger partial charge < -0.3 is 13.9 Å². The van der Waals surface area contributed by atoms with Gasteiger partial charge in [0.1, 0.15) is 11.3 Å². The molecule has 3 aromatic heterocycles. The average molecular weight is 324 g/mol. The van der Waals surface area contributed by atoms with Crippen LogP contribution in [-0.2, 0) is 6.42 Å². The molecule has 1 saturated heterocycles. The van der Waals surface area contributed by atoms with E-state index in [9.17, 15) is 4.79 Å². The van der Waals surface area contributed by atoms with Crippen molar-refractivity contribution in [3.63, 3.8) is 0 Å². The number of carbonyl (C=O) groups excluding carboxylic acids is 1. The molecule has 1 atom stereocenters. The Morgan fingerprint density at radius 1 is 1.38 bits per heavy atom. The third kappa shape index (κ3) is 2.48. The first kappa shape index (κ1) is 14.9. The first-order valence-corrected chi connectivity index (χ1v) is 8.42. The van der Waals surface area contributed by atoms with E-state index >= 15 is 0 Å². The molecule has 1 aliphatic heterocycles. The van der Waals surface area contributed by atoms with Crippen molar-refractivity contribution >= 4 is 17.1 Å². The first-order valence-electron chi connectivity index (χ1n) is 8.42. The number of carbonyl (C=O) groups is 1. The third-order valence-electron chi connectivity index (χ3n) is 4.54. The predicted octanol–water partition coefficient (Wildman–Crippen LogP) is 3.06. The Labute approximate surface area is 140 Å². The van der Waals surface area contributed by atoms with Gasteiger partial charge in [0.2, 0.25) is 0 Å². The lowest BCUT2D eigenvalue weighted by Crippen LogP contribution is -2.29. The molecule has 6 nitrogen and oxygen atoms in total. The molecule has 1 aliphatic rings. The molecule has 0 radical (unpaired) electrons. The van der Waals surface area contributed by atoms with Gasteiger partial charge >= 0.3 is 0 Å². The molecule has 3 aromatic rings. The number of likely N-dealkylation sites (tertiary alicyclic amines) is 1. The highest BCUT2D eigenvalue weighted by Crippen LogP contribution is 2.28. The minimum atomic E-state index is -0.0445. The molecule has 0 saturated carbocycles. The van der Waals surface area contributed by atoms with Crippen molar-refractivity contribution in [2.45, 2.75) is 32.2 Å². The Hall–Kier alpha value is -2.63. The minimum Gasteiger partial charge on any atom is -0.459 e. The number of amides is 1. The van der Waals surface area contributed by atoms with Crippen LogP contribution in [0.4, 0.5) is 0 Å². The second-order valence-corrected chi connectivity index (χ2v) is 6.17. The summed E-state index contributed by atoms with van der Waals surface area (Å²) in [4.78, 5) is 23.6. The SMILES string of the molecule is CCCc1nc2cccnc2n1[C@@H]1CCN(C(=O)c2ccco2)C1. The van der Waals surface area contributed by atoms with E-state index < -0.39 is 0 Å². The molecule has 6 heteroatoms. The number of rotatable bonds is 4. The van der Waals surface area contributed by atoms with Crippen molar-refractivity contribution in [3.05, 3.63) is 48.3 Å². The van der Waals surface area contributed by atoms with Crippen LogP contribution in [0.3, 0.4) is 0 Å². The minimum absolute atomic E-state index is 0.0445. The summed E-state index contributed by atoms with van der Waals surface area (Å²) in [7, 11) is 0. The van der Waals surface area contributed by atoms with Crippen LogP contribution in [0.25, 0.3) is 11.2 Å². The number of imidazole rings is 1. The van der Waals surface area contributed by atoms with Crippen LogP contribution >= 0.6 is 0 Å². The fourth-order valence-corrected chi connectivity index (χ4v) is 3.45. The van der Waals surface area contributed by atoms with Gasteiger partial charge in [0.05, 0.1) is 12.3 Å². The number of hydrogen-bond donors (Lipinski definition) is 0. The van der Waals surface area contributed by atoms with Crippen LogP contribution < -0.4 is 0 Å². The van der Waals surface area contributed by atoms with Gasteiger partial charge in [-0.2, -0.15) is 0 Å². The Kier molecular flexibility index (Phi) is 3.80. The van der Waals surface area contributed by atoms with E-state index in [0.29, 0.717) is 12.3 Å². The molecule has 0 N–H and O–H groups in total. The average Bonchev–Trinajstić information content (AvgIpc) is 3.33. The van der Waals surface area contributed by atoms with Crippen LogP contribution in [-0.4, -0.2) is 38.4 Å². The number of pyridine rings is 1. The van der Waals surface area contributed by atoms with E-state index in [4.69, 9.17) is 9.40 Å². The van der Waals surface area contributed by atoms with Gasteiger partial charge in [-0.3, -0.25) is 4.79 Å². The lowest BCUT2D eigenvalue weighted by atomic mass is 10.2. The smallest absolute Gasteiger partial charge is 0.289 e. The van der Waals surface area contributed by atoms with Crippen LogP contribution in [0, 0.1) is 0 Å². The van der Waals surface area contributed by atoms with E-state index in [1.165, 1.54) is 6.26 Å². The van der Waals surface area contributed by atoms with Gasteiger partial charge in [-0.25, -0.2) is 9.97 Å². The standard InChI is InChI=1S/C18H20N4O2/c1-2-5-16-20-14-6-3-9-19-17(14)22(16)13-8-10-21(12-13)18(23)15-7-4-11-24-15/h3-4,6-7,9,11,13H,2,5,8,10,12H2,1H3/t13-/m1/s1. The van der Waals surface area contributed by atoms with E-state index in [2.05, 4.69) is 16.5 Å². The summed E-state index contributed by atoms with van der Waals surface area (Å²) in [6.07, 6.45) is 6.19. The molecule has 0 unspecified atom stereocenters. The zero-order chi connectivity index (χ0) is 16.5. The number of furan rings is 1. The number of aryl methyl sites for hydroxylation is 1. The number of aromatic nitrogens is 3. The third-order valence-corrected chi connectivity index (χ3v) is 4.54. The number of nitrogens with zero attached hydrogens (tertiary/aromatic N) is 4. The van der Waals surface area contributed by atoms with Crippen LogP contribution in [0.1, 0.15) is 42.2 Å². The van der Waals surface area contributed by atoms with Gasteiger partial charge in [0.15, 0.2) is 11.4 Å². The van der Waals surface area contributed by atoms with Gasteiger partial charge in [-0.05, 0) is 37.1 Å². The van der Waals surface area contributed by atoms with Crippen molar-refractivity contribution in [1.29, 1.82) is 0 Å². The first-order chi connectivity index (χ1) is 11.8. The maximum absolute atomic E-state index is 12.5. The maximum Gasteiger partial charge on any atom is 0.289 e. The molecule has 1 amide bonds. The monoisotopic (exact) mass is 324 g/mol. The largest absolute Gasteiger partial charge is 0.459 e. The summed E-state index contributed by atoms with van der Waals surface area (Å²) in [5, 5.41) is 0. The van der Waals surface area contributed by atoms with Gasteiger partial charge in [0.25, 0.3) is 5.91 Å². The Morgan fingerprint density at radius 3 is 3.08 bits per heavy atom. The molecule has 1 fully saturated rings. The molecular weight excluding hydrogens is 304 g/mol. The zero-order valence-corrected chi connectivity index (χ0v) is 13.7. The highest BCUT2D eigenvalue weighted by atomic mass is 16.3. The Balaban J connectivity index is 1.64. The van der Waals surface area contributed by atoms with Gasteiger partial charge in [0, 0.05) is 25.7 Å². The highest BCUT2D eigenvalue weighted by Gasteiger charge is 2.31. The molecule has 0 aromatic carbocycles. The normalized spacial score (nSPS) is 17.7. The summed E-state index contributed by atoms with van der Waals surface area (Å²) in [5.41, 5.74) is 1.84. The second-order valence-electron chi connectivity index (χ2n) is 6.17. The Bertz CT molecular complexity index is 853. The van der Waals surface area contributed by atoms with Crippen molar-refractivity contribution in [1.82, 2.24) is 19.4 Å². The zero-order valence-electron chi connectivity index (χ0n) is 13.7. The topological polar surface area (TPSA) is 64.2 Å². The molecule has 124 valence electrons. The van der Waals surface area contributed by atoms with Crippen LogP contribution in [0.5, 0.6) is 0 Å². The fraction of sp³-hybridized carbons (Fsp3) is 0.389. The number of hydrogen-bond acceptors (Lipinski definition) is 4. The van der Waals surface area contributed by atoms with Crippen LogP contribution in [0.15, 0.2) is 41.1 Å². The summed E-state index contributed by atoms with van der Waals surface area (Å²) >= 11 is 0. The summed E-state index contributed by atoms with van der Waals surface area (Å²) in [6, 6.07) is 7.58. The predicted molar refractivity (Wildman–Crippen MR) is 89.8 cm³/mol. The van der Waals surface area contributed by atoms with Gasteiger partial charge in [-0.15, -0.1) is 0 Å². The quantitative estimate of drug-likeness (QED) is 0.740. The summed E-state index contributed by atoms with van der Waals surface area (Å²) < 4.78 is 7.47. The summed E-state index contributed by atoms with van der Waals surface area (Å²) in [6.45, 7) is 3.54. The molecule has 0 aliphatic carbocycles. The Morgan fingerprint density at radius 2 is 2.29 bits per heavy atom. The van der Waals surface area contributed by atoms with E-state index in [1.54, 1.807) is 18.3 Å². The molecule has 4 heterocycles. The van der Waals surface area contributed by atoms with Crippen molar-refractivity contribution in [2.24, 2.45) is 0 Å². The van der Waals surface area contributed by atoms with Crippen LogP contribution in [0.2, 0.25) is 0 Å². The van der Waals surface area contributed by atoms with Gasteiger partial charge in [-0.1, -0.05) is 6.92 Å². The fourth-order valence-electron chi connectivity index (χ4n) is 3.45. The number of fused-ring (bicyclic) bond motifs is 1. The van der Waals surface area contributed by atoms with Crippen molar-refractivity contribution in [3.8, 4) is 0 Å². The van der Waals surface area contributed by atoms with Crippen molar-refractivity contribution < 1.29 is 9.21 Å². The van der Waals surface area contributed by atoms with E-state index in [-0.39, 0.29) is 11.9 Å². The molecule has 0 bridgehead atoms. The molecule has 0 spiro atoms.